The summed E-state index contributed by atoms with van der Waals surface area (Å²) in [6.45, 7) is 5.23. The van der Waals surface area contributed by atoms with E-state index in [0.717, 1.165) is 25.2 Å². The number of benzene rings is 2. The summed E-state index contributed by atoms with van der Waals surface area (Å²) >= 11 is 0. The topological polar surface area (TPSA) is 72.5 Å². The molecule has 1 unspecified atom stereocenters. The molecular weight excluding hydrogens is 465 g/mol. The Labute approximate surface area is 213 Å². The number of likely N-dealkylation sites (tertiary alicyclic amines) is 1. The van der Waals surface area contributed by atoms with Crippen LogP contribution >= 0.6 is 0 Å². The number of carbonyl (C=O) groups is 1. The Kier molecular flexibility index (Phi) is 11.3. The lowest BCUT2D eigenvalue weighted by molar-refractivity contribution is -0.129. The van der Waals surface area contributed by atoms with Crippen LogP contribution in [-0.4, -0.2) is 89.0 Å². The van der Waals surface area contributed by atoms with E-state index in [1.54, 1.807) is 33.5 Å². The molecule has 0 bridgehead atoms. The molecule has 1 saturated heterocycles. The Balaban J connectivity index is 1.75. The summed E-state index contributed by atoms with van der Waals surface area (Å²) in [6, 6.07) is 11.5. The number of hydrogen-bond donors (Lipinski definition) is 1. The molecular formula is C27H38FN3O5. The lowest BCUT2D eigenvalue weighted by atomic mass is 10.1. The van der Waals surface area contributed by atoms with Crippen LogP contribution in [0.25, 0.3) is 0 Å². The van der Waals surface area contributed by atoms with E-state index in [2.05, 4.69) is 15.1 Å². The van der Waals surface area contributed by atoms with Crippen LogP contribution < -0.4 is 19.5 Å². The largest absolute Gasteiger partial charge is 0.493 e. The number of hydrogen-bond acceptors (Lipinski definition) is 7. The molecule has 1 atom stereocenters. The highest BCUT2D eigenvalue weighted by molar-refractivity contribution is 5.81. The van der Waals surface area contributed by atoms with Gasteiger partial charge in [0.15, 0.2) is 17.6 Å². The molecule has 3 rings (SSSR count). The van der Waals surface area contributed by atoms with E-state index < -0.39 is 11.9 Å². The highest BCUT2D eigenvalue weighted by Crippen LogP contribution is 2.31. The Bertz CT molecular complexity index is 955. The summed E-state index contributed by atoms with van der Waals surface area (Å²) in [5.74, 6) is 0.922. The maximum atomic E-state index is 13.8. The third-order valence-corrected chi connectivity index (χ3v) is 6.21. The Hall–Kier alpha value is -2.88. The van der Waals surface area contributed by atoms with E-state index in [1.807, 2.05) is 18.2 Å². The lowest BCUT2D eigenvalue weighted by Gasteiger charge is -2.28. The van der Waals surface area contributed by atoms with Gasteiger partial charge in [-0.25, -0.2) is 4.39 Å². The number of methoxy groups -OCH3 is 3. The Morgan fingerprint density at radius 3 is 2.58 bits per heavy atom. The smallest absolute Gasteiger partial charge is 0.262 e. The zero-order chi connectivity index (χ0) is 25.8. The van der Waals surface area contributed by atoms with Crippen molar-refractivity contribution >= 4 is 5.91 Å². The van der Waals surface area contributed by atoms with Gasteiger partial charge in [-0.2, -0.15) is 0 Å². The normalized spacial score (nSPS) is 14.6. The van der Waals surface area contributed by atoms with Crippen molar-refractivity contribution in [3.8, 4) is 17.2 Å². The van der Waals surface area contributed by atoms with Crippen LogP contribution in [0.1, 0.15) is 18.4 Å². The molecule has 9 heteroatoms. The van der Waals surface area contributed by atoms with Crippen molar-refractivity contribution < 1.29 is 28.1 Å². The second-order valence-electron chi connectivity index (χ2n) is 8.78. The summed E-state index contributed by atoms with van der Waals surface area (Å²) in [7, 11) is 4.83. The first-order valence-electron chi connectivity index (χ1n) is 12.4. The first-order valence-corrected chi connectivity index (χ1v) is 12.4. The van der Waals surface area contributed by atoms with Gasteiger partial charge in [0.2, 0.25) is 0 Å². The van der Waals surface area contributed by atoms with E-state index >= 15 is 0 Å². The minimum atomic E-state index is -0.848. The van der Waals surface area contributed by atoms with Gasteiger partial charge in [0.1, 0.15) is 11.6 Å². The molecule has 2 aromatic rings. The van der Waals surface area contributed by atoms with E-state index in [9.17, 15) is 9.18 Å². The van der Waals surface area contributed by atoms with Gasteiger partial charge in [-0.05, 0) is 44.1 Å². The average Bonchev–Trinajstić information content (AvgIpc) is 3.40. The van der Waals surface area contributed by atoms with Crippen LogP contribution in [0.2, 0.25) is 0 Å². The number of rotatable bonds is 15. The first-order chi connectivity index (χ1) is 17.5. The van der Waals surface area contributed by atoms with Crippen LogP contribution in [0.4, 0.5) is 4.39 Å². The minimum absolute atomic E-state index is 0.238. The van der Waals surface area contributed by atoms with Crippen molar-refractivity contribution in [2.75, 3.05) is 67.2 Å². The van der Waals surface area contributed by atoms with Crippen LogP contribution in [-0.2, 0) is 16.1 Å². The number of para-hydroxylation sites is 1. The van der Waals surface area contributed by atoms with E-state index in [-0.39, 0.29) is 12.5 Å². The molecule has 1 fully saturated rings. The Morgan fingerprint density at radius 1 is 1.11 bits per heavy atom. The standard InChI is InChI=1S/C27H38FN3O5/c1-33-17-16-31(19-21-8-6-11-24(34-2)26(21)35-3)20-25(36-23-10-7-9-22(28)18-23)27(32)29-12-15-30-13-4-5-14-30/h6-11,18,25H,4-5,12-17,19-20H2,1-3H3,(H,29,32). The molecule has 0 aromatic heterocycles. The molecule has 0 spiro atoms. The highest BCUT2D eigenvalue weighted by Gasteiger charge is 2.25. The van der Waals surface area contributed by atoms with Crippen LogP contribution in [0.3, 0.4) is 0 Å². The fourth-order valence-corrected chi connectivity index (χ4v) is 4.34. The SMILES string of the molecule is COCCN(Cc1cccc(OC)c1OC)CC(Oc1cccc(F)c1)C(=O)NCCN1CCCC1. The molecule has 198 valence electrons. The van der Waals surface area contributed by atoms with Crippen molar-refractivity contribution in [3.63, 3.8) is 0 Å². The predicted octanol–water partition coefficient (Wildman–Crippen LogP) is 2.95. The average molecular weight is 504 g/mol. The van der Waals surface area contributed by atoms with Crippen molar-refractivity contribution in [1.29, 1.82) is 0 Å². The molecule has 0 radical (unpaired) electrons. The molecule has 1 N–H and O–H groups in total. The Morgan fingerprint density at radius 2 is 1.89 bits per heavy atom. The summed E-state index contributed by atoms with van der Waals surface area (Å²) < 4.78 is 36.2. The number of nitrogens with zero attached hydrogens (tertiary/aromatic N) is 2. The molecule has 1 aliphatic heterocycles. The van der Waals surface area contributed by atoms with E-state index in [1.165, 1.54) is 25.0 Å². The molecule has 1 amide bonds. The van der Waals surface area contributed by atoms with Crippen molar-refractivity contribution in [2.45, 2.75) is 25.5 Å². The zero-order valence-corrected chi connectivity index (χ0v) is 21.5. The van der Waals surface area contributed by atoms with Gasteiger partial charge < -0.3 is 29.2 Å². The van der Waals surface area contributed by atoms with Gasteiger partial charge in [-0.3, -0.25) is 9.69 Å². The maximum Gasteiger partial charge on any atom is 0.262 e. The maximum absolute atomic E-state index is 13.8. The molecule has 1 aliphatic rings. The van der Waals surface area contributed by atoms with Crippen LogP contribution in [0.5, 0.6) is 17.2 Å². The molecule has 36 heavy (non-hydrogen) atoms. The van der Waals surface area contributed by atoms with Gasteiger partial charge in [0, 0.05) is 51.5 Å². The van der Waals surface area contributed by atoms with Gasteiger partial charge in [0.05, 0.1) is 20.8 Å². The second-order valence-corrected chi connectivity index (χ2v) is 8.78. The van der Waals surface area contributed by atoms with Gasteiger partial charge >= 0.3 is 0 Å². The number of halogens is 1. The number of nitrogens with one attached hydrogen (secondary N) is 1. The number of ether oxygens (including phenoxy) is 4. The molecule has 1 heterocycles. The third-order valence-electron chi connectivity index (χ3n) is 6.21. The van der Waals surface area contributed by atoms with Crippen molar-refractivity contribution in [1.82, 2.24) is 15.1 Å². The summed E-state index contributed by atoms with van der Waals surface area (Å²) in [5.41, 5.74) is 0.909. The fraction of sp³-hybridized carbons (Fsp3) is 0.519. The van der Waals surface area contributed by atoms with E-state index in [0.29, 0.717) is 43.5 Å². The van der Waals surface area contributed by atoms with E-state index in [4.69, 9.17) is 18.9 Å². The molecule has 8 nitrogen and oxygen atoms in total. The van der Waals surface area contributed by atoms with Crippen LogP contribution in [0, 0.1) is 5.82 Å². The quantitative estimate of drug-likeness (QED) is 0.401. The van der Waals surface area contributed by atoms with Crippen molar-refractivity contribution in [2.24, 2.45) is 0 Å². The fourth-order valence-electron chi connectivity index (χ4n) is 4.34. The van der Waals surface area contributed by atoms with Gasteiger partial charge in [0.25, 0.3) is 5.91 Å². The molecule has 0 aliphatic carbocycles. The monoisotopic (exact) mass is 503 g/mol. The van der Waals surface area contributed by atoms with Gasteiger partial charge in [-0.15, -0.1) is 0 Å². The predicted molar refractivity (Wildman–Crippen MR) is 136 cm³/mol. The summed E-state index contributed by atoms with van der Waals surface area (Å²) in [5, 5.41) is 3.01. The van der Waals surface area contributed by atoms with Gasteiger partial charge in [-0.1, -0.05) is 18.2 Å². The van der Waals surface area contributed by atoms with Crippen molar-refractivity contribution in [3.05, 3.63) is 53.8 Å². The molecule has 0 saturated carbocycles. The number of amides is 1. The highest BCUT2D eigenvalue weighted by atomic mass is 19.1. The minimum Gasteiger partial charge on any atom is -0.493 e. The second kappa shape index (κ2) is 14.6. The van der Waals surface area contributed by atoms with Crippen LogP contribution in [0.15, 0.2) is 42.5 Å². The third kappa shape index (κ3) is 8.36. The summed E-state index contributed by atoms with van der Waals surface area (Å²) in [6.07, 6.45) is 1.54. The first kappa shape index (κ1) is 27.7. The summed E-state index contributed by atoms with van der Waals surface area (Å²) in [4.78, 5) is 17.6. The molecule has 2 aromatic carbocycles. The lowest BCUT2D eigenvalue weighted by Crippen LogP contribution is -2.48. The number of carbonyl (C=O) groups excluding carboxylic acids is 1. The zero-order valence-electron chi connectivity index (χ0n) is 21.5.